The fraction of sp³-hybridized carbons (Fsp3) is 0.400. The zero-order valence-electron chi connectivity index (χ0n) is 14.0. The summed E-state index contributed by atoms with van der Waals surface area (Å²) in [5.41, 5.74) is 0.459. The van der Waals surface area contributed by atoms with Crippen LogP contribution < -0.4 is 10.0 Å². The maximum absolute atomic E-state index is 12.5. The Kier molecular flexibility index (Phi) is 5.76. The predicted molar refractivity (Wildman–Crippen MR) is 100 cm³/mol. The van der Waals surface area contributed by atoms with Crippen molar-refractivity contribution in [2.75, 3.05) is 30.9 Å². The molecule has 0 spiro atoms. The lowest BCUT2D eigenvalue weighted by Gasteiger charge is -2.27. The minimum atomic E-state index is -3.83. The van der Waals surface area contributed by atoms with Gasteiger partial charge in [0.2, 0.25) is 11.0 Å². The molecule has 11 heteroatoms. The first kappa shape index (κ1) is 19.0. The molecule has 1 saturated heterocycles. The number of carbonyl (C=O) groups excluding carboxylic acids is 1. The van der Waals surface area contributed by atoms with Gasteiger partial charge in [-0.3, -0.25) is 9.52 Å². The molecule has 0 radical (unpaired) electrons. The van der Waals surface area contributed by atoms with Crippen molar-refractivity contribution < 1.29 is 13.2 Å². The van der Waals surface area contributed by atoms with Gasteiger partial charge in [-0.1, -0.05) is 29.0 Å². The third-order valence-corrected chi connectivity index (χ3v) is 6.83. The quantitative estimate of drug-likeness (QED) is 0.762. The molecule has 2 aromatic rings. The smallest absolute Gasteiger partial charge is 0.264 e. The van der Waals surface area contributed by atoms with Gasteiger partial charge in [-0.2, -0.15) is 0 Å². The van der Waals surface area contributed by atoms with Crippen LogP contribution in [-0.2, 0) is 21.2 Å². The number of nitrogens with one attached hydrogen (secondary N) is 2. The summed E-state index contributed by atoms with van der Waals surface area (Å²) in [5, 5.41) is 11.9. The molecule has 1 amide bonds. The van der Waals surface area contributed by atoms with Gasteiger partial charge in [0.25, 0.3) is 10.0 Å². The van der Waals surface area contributed by atoms with Crippen molar-refractivity contribution in [1.82, 2.24) is 20.4 Å². The minimum absolute atomic E-state index is 0.0391. The summed E-state index contributed by atoms with van der Waals surface area (Å²) in [5.74, 6) is -0.0391. The number of benzene rings is 1. The zero-order chi connectivity index (χ0) is 18.7. The molecular formula is C15H18ClN5O3S2. The molecule has 0 bridgehead atoms. The Bertz CT molecular complexity index is 910. The Labute approximate surface area is 160 Å². The molecule has 1 aliphatic rings. The molecule has 1 fully saturated rings. The molecule has 8 nitrogen and oxygen atoms in total. The highest BCUT2D eigenvalue weighted by atomic mass is 35.5. The number of nitrogens with zero attached hydrogens (tertiary/aromatic N) is 3. The van der Waals surface area contributed by atoms with E-state index in [2.05, 4.69) is 20.2 Å². The van der Waals surface area contributed by atoms with Gasteiger partial charge in [0.05, 0.1) is 11.3 Å². The lowest BCUT2D eigenvalue weighted by Crippen LogP contribution is -2.46. The Morgan fingerprint density at radius 2 is 2.08 bits per heavy atom. The van der Waals surface area contributed by atoms with E-state index in [1.807, 2.05) is 0 Å². The normalized spacial score (nSPS) is 15.1. The zero-order valence-corrected chi connectivity index (χ0v) is 16.4. The second-order valence-corrected chi connectivity index (χ2v) is 8.90. The number of piperazine rings is 1. The van der Waals surface area contributed by atoms with Crippen LogP contribution in [0, 0.1) is 6.92 Å². The minimum Gasteiger partial charge on any atom is -0.340 e. The molecule has 2 N–H and O–H groups in total. The van der Waals surface area contributed by atoms with Gasteiger partial charge in [-0.15, -0.1) is 10.2 Å². The monoisotopic (exact) mass is 415 g/mol. The van der Waals surface area contributed by atoms with E-state index in [9.17, 15) is 13.2 Å². The van der Waals surface area contributed by atoms with Crippen LogP contribution in [0.4, 0.5) is 5.13 Å². The molecule has 26 heavy (non-hydrogen) atoms. The van der Waals surface area contributed by atoms with Crippen molar-refractivity contribution in [3.05, 3.63) is 33.8 Å². The molecule has 1 aromatic carbocycles. The van der Waals surface area contributed by atoms with Crippen LogP contribution in [0.2, 0.25) is 5.02 Å². The van der Waals surface area contributed by atoms with E-state index in [-0.39, 0.29) is 22.4 Å². The van der Waals surface area contributed by atoms with Crippen LogP contribution >= 0.6 is 22.9 Å². The number of carbonyl (C=O) groups is 1. The number of aromatic nitrogens is 2. The first-order valence-electron chi connectivity index (χ1n) is 7.95. The fourth-order valence-corrected chi connectivity index (χ4v) is 5.03. The van der Waals surface area contributed by atoms with Crippen LogP contribution in [0.1, 0.15) is 10.6 Å². The van der Waals surface area contributed by atoms with Gasteiger partial charge in [-0.05, 0) is 24.6 Å². The molecular weight excluding hydrogens is 398 g/mol. The van der Waals surface area contributed by atoms with Crippen LogP contribution in [0.3, 0.4) is 0 Å². The first-order valence-corrected chi connectivity index (χ1v) is 10.6. The van der Waals surface area contributed by atoms with E-state index < -0.39 is 10.0 Å². The molecule has 3 rings (SSSR count). The predicted octanol–water partition coefficient (Wildman–Crippen LogP) is 1.28. The molecule has 0 aliphatic carbocycles. The summed E-state index contributed by atoms with van der Waals surface area (Å²) in [6.07, 6.45) is 0.107. The van der Waals surface area contributed by atoms with Crippen molar-refractivity contribution in [2.45, 2.75) is 18.2 Å². The average molecular weight is 416 g/mol. The van der Waals surface area contributed by atoms with Gasteiger partial charge < -0.3 is 10.2 Å². The Morgan fingerprint density at radius 3 is 2.81 bits per heavy atom. The summed E-state index contributed by atoms with van der Waals surface area (Å²) in [6.45, 7) is 4.49. The second kappa shape index (κ2) is 7.87. The highest BCUT2D eigenvalue weighted by Gasteiger charge is 2.22. The topological polar surface area (TPSA) is 104 Å². The summed E-state index contributed by atoms with van der Waals surface area (Å²) in [6, 6.07) is 4.67. The largest absolute Gasteiger partial charge is 0.340 e. The lowest BCUT2D eigenvalue weighted by atomic mass is 10.2. The van der Waals surface area contributed by atoms with Crippen LogP contribution in [0.5, 0.6) is 0 Å². The molecule has 1 aromatic heterocycles. The van der Waals surface area contributed by atoms with Crippen LogP contribution in [0.15, 0.2) is 23.1 Å². The molecule has 1 aliphatic heterocycles. The lowest BCUT2D eigenvalue weighted by molar-refractivity contribution is -0.131. The van der Waals surface area contributed by atoms with Crippen molar-refractivity contribution in [3.8, 4) is 0 Å². The highest BCUT2D eigenvalue weighted by Crippen LogP contribution is 2.26. The van der Waals surface area contributed by atoms with Crippen molar-refractivity contribution in [2.24, 2.45) is 0 Å². The van der Waals surface area contributed by atoms with Gasteiger partial charge >= 0.3 is 0 Å². The molecule has 0 unspecified atom stereocenters. The van der Waals surface area contributed by atoms with E-state index in [1.54, 1.807) is 24.0 Å². The molecule has 0 saturated carbocycles. The van der Waals surface area contributed by atoms with E-state index in [1.165, 1.54) is 6.07 Å². The Morgan fingerprint density at radius 1 is 1.35 bits per heavy atom. The van der Waals surface area contributed by atoms with Crippen molar-refractivity contribution in [3.63, 3.8) is 0 Å². The SMILES string of the molecule is Cc1c(Cl)cccc1S(=O)(=O)Nc1nnc(CC(=O)N2CCNCC2)s1. The van der Waals surface area contributed by atoms with Gasteiger partial charge in [0, 0.05) is 31.2 Å². The van der Waals surface area contributed by atoms with Gasteiger partial charge in [-0.25, -0.2) is 8.42 Å². The van der Waals surface area contributed by atoms with Crippen LogP contribution in [0.25, 0.3) is 0 Å². The number of anilines is 1. The summed E-state index contributed by atoms with van der Waals surface area (Å²) in [4.78, 5) is 14.1. The Balaban J connectivity index is 1.69. The van der Waals surface area contributed by atoms with E-state index in [4.69, 9.17) is 11.6 Å². The van der Waals surface area contributed by atoms with E-state index in [0.717, 1.165) is 24.4 Å². The van der Waals surface area contributed by atoms with Crippen LogP contribution in [-0.4, -0.2) is 55.6 Å². The molecule has 140 valence electrons. The summed E-state index contributed by atoms with van der Waals surface area (Å²) < 4.78 is 27.5. The maximum Gasteiger partial charge on any atom is 0.264 e. The third-order valence-electron chi connectivity index (χ3n) is 3.97. The average Bonchev–Trinajstić information content (AvgIpc) is 3.04. The van der Waals surface area contributed by atoms with Crippen molar-refractivity contribution in [1.29, 1.82) is 0 Å². The van der Waals surface area contributed by atoms with E-state index in [0.29, 0.717) is 28.7 Å². The standard InChI is InChI=1S/C15H18ClN5O3S2/c1-10-11(16)3-2-4-12(10)26(23,24)20-15-19-18-13(25-15)9-14(22)21-7-5-17-6-8-21/h2-4,17H,5-9H2,1H3,(H,19,20). The fourth-order valence-electron chi connectivity index (χ4n) is 2.57. The second-order valence-electron chi connectivity index (χ2n) is 5.78. The third kappa shape index (κ3) is 4.32. The first-order chi connectivity index (χ1) is 12.4. The van der Waals surface area contributed by atoms with Crippen molar-refractivity contribution >= 4 is 44.0 Å². The Hall–Kier alpha value is -1.75. The highest BCUT2D eigenvalue weighted by molar-refractivity contribution is 7.93. The number of halogens is 1. The number of sulfonamides is 1. The molecule has 0 atom stereocenters. The number of rotatable bonds is 5. The number of hydrogen-bond donors (Lipinski definition) is 2. The number of hydrogen-bond acceptors (Lipinski definition) is 7. The van der Waals surface area contributed by atoms with Gasteiger partial charge in [0.1, 0.15) is 5.01 Å². The molecule has 2 heterocycles. The number of amides is 1. The van der Waals surface area contributed by atoms with Gasteiger partial charge in [0.15, 0.2) is 0 Å². The summed E-state index contributed by atoms with van der Waals surface area (Å²) >= 11 is 7.04. The summed E-state index contributed by atoms with van der Waals surface area (Å²) in [7, 11) is -3.83. The van der Waals surface area contributed by atoms with E-state index >= 15 is 0 Å². The maximum atomic E-state index is 12.5.